The third-order valence-electron chi connectivity index (χ3n) is 6.68. The number of carbonyl (C=O) groups is 1. The SMILES string of the molecule is C=C(C)C(=O)OCCOC1OC1c1cc(OC)c(OC)cc1N/C=C/C1=[N+](C)c2ccccc2C1(C)C. The summed E-state index contributed by atoms with van der Waals surface area (Å²) in [5.74, 6) is 0.760. The van der Waals surface area contributed by atoms with Gasteiger partial charge in [0.1, 0.15) is 19.8 Å². The third kappa shape index (κ3) is 5.40. The lowest BCUT2D eigenvalue weighted by molar-refractivity contribution is -0.401. The van der Waals surface area contributed by atoms with E-state index in [1.165, 1.54) is 17.0 Å². The van der Waals surface area contributed by atoms with Gasteiger partial charge in [0.15, 0.2) is 23.5 Å². The Hall–Kier alpha value is -3.62. The van der Waals surface area contributed by atoms with Crippen LogP contribution in [-0.4, -0.2) is 57.0 Å². The molecule has 0 spiro atoms. The van der Waals surface area contributed by atoms with Gasteiger partial charge >= 0.3 is 5.97 Å². The second-order valence-electron chi connectivity index (χ2n) is 9.57. The molecule has 2 aliphatic heterocycles. The van der Waals surface area contributed by atoms with E-state index in [4.69, 9.17) is 23.7 Å². The molecule has 0 aliphatic carbocycles. The van der Waals surface area contributed by atoms with Gasteiger partial charge in [-0.3, -0.25) is 0 Å². The van der Waals surface area contributed by atoms with E-state index in [1.807, 2.05) is 18.3 Å². The van der Waals surface area contributed by atoms with Crippen molar-refractivity contribution in [3.63, 3.8) is 0 Å². The van der Waals surface area contributed by atoms with Crippen molar-refractivity contribution in [1.82, 2.24) is 0 Å². The lowest BCUT2D eigenvalue weighted by Crippen LogP contribution is -2.26. The van der Waals surface area contributed by atoms with Gasteiger partial charge in [-0.1, -0.05) is 24.8 Å². The fraction of sp³-hybridized carbons (Fsp3) is 0.379. The molecule has 2 unspecified atom stereocenters. The number of ether oxygens (including phenoxy) is 5. The molecule has 1 fully saturated rings. The summed E-state index contributed by atoms with van der Waals surface area (Å²) in [6.07, 6.45) is 3.28. The van der Waals surface area contributed by atoms with Crippen molar-refractivity contribution in [3.05, 3.63) is 72.0 Å². The predicted molar refractivity (Wildman–Crippen MR) is 142 cm³/mol. The van der Waals surface area contributed by atoms with Gasteiger partial charge in [-0.2, -0.15) is 4.58 Å². The molecular weight excluding hydrogens is 472 g/mol. The van der Waals surface area contributed by atoms with Gasteiger partial charge < -0.3 is 29.0 Å². The van der Waals surface area contributed by atoms with E-state index in [0.29, 0.717) is 17.1 Å². The van der Waals surface area contributed by atoms with Crippen LogP contribution in [0, 0.1) is 0 Å². The number of rotatable bonds is 11. The zero-order valence-electron chi connectivity index (χ0n) is 22.3. The smallest absolute Gasteiger partial charge is 0.333 e. The van der Waals surface area contributed by atoms with Crippen LogP contribution in [0.15, 0.2) is 60.8 Å². The fourth-order valence-electron chi connectivity index (χ4n) is 4.63. The maximum Gasteiger partial charge on any atom is 0.333 e. The van der Waals surface area contributed by atoms with Gasteiger partial charge in [0.2, 0.25) is 5.69 Å². The third-order valence-corrected chi connectivity index (χ3v) is 6.68. The summed E-state index contributed by atoms with van der Waals surface area (Å²) >= 11 is 0. The van der Waals surface area contributed by atoms with Gasteiger partial charge in [0.05, 0.1) is 26.2 Å². The molecule has 0 bridgehead atoms. The highest BCUT2D eigenvalue weighted by Gasteiger charge is 2.44. The molecule has 8 heteroatoms. The highest BCUT2D eigenvalue weighted by molar-refractivity contribution is 6.03. The van der Waals surface area contributed by atoms with Crippen molar-refractivity contribution in [2.75, 3.05) is 39.8 Å². The normalized spacial score (nSPS) is 19.5. The first-order valence-corrected chi connectivity index (χ1v) is 12.2. The number of carbonyl (C=O) groups excluding carboxylic acids is 1. The topological polar surface area (TPSA) is 81.6 Å². The lowest BCUT2D eigenvalue weighted by atomic mass is 9.81. The Kier molecular flexibility index (Phi) is 7.71. The van der Waals surface area contributed by atoms with Gasteiger partial charge in [0, 0.05) is 46.8 Å². The summed E-state index contributed by atoms with van der Waals surface area (Å²) in [5, 5.41) is 3.41. The molecule has 0 amide bonds. The number of anilines is 1. The number of esters is 1. The standard InChI is InChI=1S/C29H34N2O6/c1-18(2)27(32)35-14-15-36-28-26(37-28)19-16-23(33-6)24(34-7)17-21(19)30-13-12-25-29(3,4)20-10-8-9-11-22(20)31(25)5/h8-13,16-17,26,28H,1,14-15H2,2-7H3/p+1. The van der Waals surface area contributed by atoms with Crippen LogP contribution in [-0.2, 0) is 24.4 Å². The molecule has 196 valence electrons. The van der Waals surface area contributed by atoms with Crippen LogP contribution >= 0.6 is 0 Å². The molecule has 0 saturated carbocycles. The number of allylic oxidation sites excluding steroid dienone is 1. The minimum atomic E-state index is -0.449. The highest BCUT2D eigenvalue weighted by atomic mass is 16.8. The van der Waals surface area contributed by atoms with Gasteiger partial charge in [-0.25, -0.2) is 4.79 Å². The molecule has 4 rings (SSSR count). The number of methoxy groups -OCH3 is 2. The number of para-hydroxylation sites is 1. The average Bonchev–Trinajstić information content (AvgIpc) is 3.63. The monoisotopic (exact) mass is 507 g/mol. The molecule has 2 aromatic rings. The summed E-state index contributed by atoms with van der Waals surface area (Å²) in [6, 6.07) is 12.2. The number of nitrogens with one attached hydrogen (secondary N) is 1. The summed E-state index contributed by atoms with van der Waals surface area (Å²) in [5.41, 5.74) is 5.59. The van der Waals surface area contributed by atoms with Crippen LogP contribution < -0.4 is 14.8 Å². The van der Waals surface area contributed by atoms with Crippen molar-refractivity contribution in [2.45, 2.75) is 38.6 Å². The van der Waals surface area contributed by atoms with Crippen LogP contribution in [0.4, 0.5) is 11.4 Å². The number of epoxide rings is 1. The Morgan fingerprint density at radius 3 is 2.54 bits per heavy atom. The van der Waals surface area contributed by atoms with E-state index in [2.05, 4.69) is 67.7 Å². The molecule has 8 nitrogen and oxygen atoms in total. The Morgan fingerprint density at radius 1 is 1.16 bits per heavy atom. The summed E-state index contributed by atoms with van der Waals surface area (Å²) in [4.78, 5) is 11.5. The minimum absolute atomic E-state index is 0.127. The van der Waals surface area contributed by atoms with Gasteiger partial charge in [-0.05, 0) is 26.8 Å². The van der Waals surface area contributed by atoms with E-state index < -0.39 is 12.3 Å². The van der Waals surface area contributed by atoms with Crippen molar-refractivity contribution in [3.8, 4) is 11.5 Å². The molecule has 2 aromatic carbocycles. The van der Waals surface area contributed by atoms with Crippen molar-refractivity contribution in [1.29, 1.82) is 0 Å². The van der Waals surface area contributed by atoms with E-state index in [0.717, 1.165) is 11.3 Å². The maximum atomic E-state index is 11.5. The average molecular weight is 508 g/mol. The second-order valence-corrected chi connectivity index (χ2v) is 9.57. The van der Waals surface area contributed by atoms with Gasteiger partial charge in [-0.15, -0.1) is 0 Å². The number of benzene rings is 2. The van der Waals surface area contributed by atoms with E-state index in [9.17, 15) is 4.79 Å². The summed E-state index contributed by atoms with van der Waals surface area (Å²) < 4.78 is 29.9. The van der Waals surface area contributed by atoms with Crippen LogP contribution in [0.25, 0.3) is 0 Å². The summed E-state index contributed by atoms with van der Waals surface area (Å²) in [7, 11) is 5.29. The zero-order chi connectivity index (χ0) is 26.7. The first-order valence-electron chi connectivity index (χ1n) is 12.2. The predicted octanol–water partition coefficient (Wildman–Crippen LogP) is 4.87. The molecular formula is C29H35N2O6+. The van der Waals surface area contributed by atoms with E-state index >= 15 is 0 Å². The van der Waals surface area contributed by atoms with Crippen LogP contribution in [0.3, 0.4) is 0 Å². The second kappa shape index (κ2) is 10.8. The van der Waals surface area contributed by atoms with Crippen LogP contribution in [0.2, 0.25) is 0 Å². The van der Waals surface area contributed by atoms with Crippen molar-refractivity contribution in [2.24, 2.45) is 0 Å². The number of hydrogen-bond acceptors (Lipinski definition) is 7. The fourth-order valence-corrected chi connectivity index (χ4v) is 4.63. The molecule has 1 N–H and O–H groups in total. The van der Waals surface area contributed by atoms with Crippen LogP contribution in [0.5, 0.6) is 11.5 Å². The molecule has 2 aliphatic rings. The largest absolute Gasteiger partial charge is 0.493 e. The number of hydrogen-bond donors (Lipinski definition) is 1. The van der Waals surface area contributed by atoms with E-state index in [-0.39, 0.29) is 24.7 Å². The summed E-state index contributed by atoms with van der Waals surface area (Å²) in [6.45, 7) is 9.97. The zero-order valence-corrected chi connectivity index (χ0v) is 22.3. The number of fused-ring (bicyclic) bond motifs is 1. The minimum Gasteiger partial charge on any atom is -0.493 e. The Morgan fingerprint density at radius 2 is 1.86 bits per heavy atom. The first kappa shape index (κ1) is 26.4. The van der Waals surface area contributed by atoms with Crippen molar-refractivity contribution >= 4 is 23.1 Å². The molecule has 0 radical (unpaired) electrons. The Labute approximate surface area is 218 Å². The molecule has 37 heavy (non-hydrogen) atoms. The highest BCUT2D eigenvalue weighted by Crippen LogP contribution is 2.46. The van der Waals surface area contributed by atoms with Gasteiger partial charge in [0.25, 0.3) is 0 Å². The Bertz CT molecular complexity index is 1260. The quantitative estimate of drug-likeness (QED) is 0.153. The number of nitrogens with zero attached hydrogens (tertiary/aromatic N) is 1. The molecule has 0 aromatic heterocycles. The molecule has 2 atom stereocenters. The van der Waals surface area contributed by atoms with Crippen LogP contribution in [0.1, 0.15) is 38.0 Å². The Balaban J connectivity index is 1.49. The van der Waals surface area contributed by atoms with Crippen molar-refractivity contribution < 1.29 is 33.1 Å². The van der Waals surface area contributed by atoms with E-state index in [1.54, 1.807) is 21.1 Å². The molecule has 1 saturated heterocycles. The molecule has 2 heterocycles. The lowest BCUT2D eigenvalue weighted by Gasteiger charge is -2.16. The maximum absolute atomic E-state index is 11.5. The first-order chi connectivity index (χ1) is 17.7.